The van der Waals surface area contributed by atoms with E-state index in [0.29, 0.717) is 18.0 Å². The van der Waals surface area contributed by atoms with Crippen LogP contribution in [0.4, 0.5) is 0 Å². The Bertz CT molecular complexity index is 380. The van der Waals surface area contributed by atoms with Crippen molar-refractivity contribution in [2.24, 2.45) is 10.7 Å². The highest BCUT2D eigenvalue weighted by Gasteiger charge is 2.14. The Balaban J connectivity index is 1.81. The van der Waals surface area contributed by atoms with Gasteiger partial charge in [0, 0.05) is 6.04 Å². The van der Waals surface area contributed by atoms with Crippen LogP contribution < -0.4 is 11.1 Å². The molecule has 1 aliphatic carbocycles. The van der Waals surface area contributed by atoms with Crippen LogP contribution in [0.2, 0.25) is 0 Å². The minimum atomic E-state index is 0.317. The van der Waals surface area contributed by atoms with Crippen LogP contribution in [0.25, 0.3) is 0 Å². The summed E-state index contributed by atoms with van der Waals surface area (Å²) in [6, 6.07) is 11.2. The van der Waals surface area contributed by atoms with Gasteiger partial charge in [-0.15, -0.1) is 0 Å². The van der Waals surface area contributed by atoms with Crippen LogP contribution in [0.15, 0.2) is 35.3 Å². The number of rotatable bonds is 4. The van der Waals surface area contributed by atoms with Gasteiger partial charge >= 0.3 is 0 Å². The van der Waals surface area contributed by atoms with Crippen LogP contribution in [-0.2, 0) is 6.42 Å². The Hall–Kier alpha value is -1.51. The topological polar surface area (TPSA) is 50.4 Å². The number of guanidine groups is 1. The third kappa shape index (κ3) is 4.06. The summed E-state index contributed by atoms with van der Waals surface area (Å²) in [6.45, 7) is 2.14. The highest BCUT2D eigenvalue weighted by Crippen LogP contribution is 2.20. The standard InChI is InChI=1S/C15H23N3/c1-12(11-13-7-3-2-4-8-13)17-15(16)18-14-9-5-6-10-14/h2-4,7-8,12,14H,5-6,9-11H2,1H3,(H3,16,17,18). The second-order valence-electron chi connectivity index (χ2n) is 5.19. The van der Waals surface area contributed by atoms with Crippen molar-refractivity contribution in [1.82, 2.24) is 5.32 Å². The molecule has 0 amide bonds. The number of nitrogens with two attached hydrogens (primary N) is 1. The molecule has 0 aliphatic heterocycles. The van der Waals surface area contributed by atoms with Crippen molar-refractivity contribution < 1.29 is 0 Å². The van der Waals surface area contributed by atoms with Crippen molar-refractivity contribution in [3.63, 3.8) is 0 Å². The number of hydrogen-bond donors (Lipinski definition) is 2. The second-order valence-corrected chi connectivity index (χ2v) is 5.19. The van der Waals surface area contributed by atoms with Gasteiger partial charge in [0.05, 0.1) is 6.04 Å². The first-order chi connectivity index (χ1) is 8.74. The van der Waals surface area contributed by atoms with Crippen LogP contribution >= 0.6 is 0 Å². The molecule has 0 aromatic heterocycles. The lowest BCUT2D eigenvalue weighted by Gasteiger charge is -2.15. The fourth-order valence-corrected chi connectivity index (χ4v) is 2.54. The van der Waals surface area contributed by atoms with E-state index in [9.17, 15) is 0 Å². The van der Waals surface area contributed by atoms with Crippen LogP contribution in [0, 0.1) is 0 Å². The Morgan fingerprint density at radius 3 is 2.67 bits per heavy atom. The maximum Gasteiger partial charge on any atom is 0.189 e. The summed E-state index contributed by atoms with van der Waals surface area (Å²) < 4.78 is 0. The van der Waals surface area contributed by atoms with Crippen LogP contribution in [0.3, 0.4) is 0 Å². The van der Waals surface area contributed by atoms with Gasteiger partial charge in [0.2, 0.25) is 0 Å². The zero-order chi connectivity index (χ0) is 12.8. The van der Waals surface area contributed by atoms with E-state index in [1.54, 1.807) is 0 Å². The Labute approximate surface area is 109 Å². The van der Waals surface area contributed by atoms with Gasteiger partial charge in [-0.05, 0) is 31.7 Å². The van der Waals surface area contributed by atoms with Crippen molar-refractivity contribution in [2.45, 2.75) is 51.1 Å². The number of hydrogen-bond acceptors (Lipinski definition) is 1. The van der Waals surface area contributed by atoms with Gasteiger partial charge in [0.25, 0.3) is 0 Å². The highest BCUT2D eigenvalue weighted by atomic mass is 15.1. The SMILES string of the molecule is CC(Cc1ccccc1)NC(N)=NC1CCCC1. The zero-order valence-electron chi connectivity index (χ0n) is 11.1. The van der Waals surface area contributed by atoms with Crippen LogP contribution in [0.5, 0.6) is 0 Å². The molecule has 1 aliphatic rings. The molecular weight excluding hydrogens is 222 g/mol. The summed E-state index contributed by atoms with van der Waals surface area (Å²) in [6.07, 6.45) is 5.94. The summed E-state index contributed by atoms with van der Waals surface area (Å²) in [5, 5.41) is 3.28. The van der Waals surface area contributed by atoms with Gasteiger partial charge in [-0.3, -0.25) is 4.99 Å². The van der Waals surface area contributed by atoms with E-state index in [0.717, 1.165) is 6.42 Å². The fourth-order valence-electron chi connectivity index (χ4n) is 2.54. The first-order valence-electron chi connectivity index (χ1n) is 6.88. The first-order valence-corrected chi connectivity index (χ1v) is 6.88. The van der Waals surface area contributed by atoms with Gasteiger partial charge < -0.3 is 11.1 Å². The molecule has 2 rings (SSSR count). The minimum absolute atomic E-state index is 0.317. The molecule has 3 heteroatoms. The molecule has 98 valence electrons. The Morgan fingerprint density at radius 1 is 1.33 bits per heavy atom. The monoisotopic (exact) mass is 245 g/mol. The van der Waals surface area contributed by atoms with Gasteiger partial charge in [-0.2, -0.15) is 0 Å². The second kappa shape index (κ2) is 6.43. The van der Waals surface area contributed by atoms with E-state index in [-0.39, 0.29) is 0 Å². The summed E-state index contributed by atoms with van der Waals surface area (Å²) in [4.78, 5) is 4.54. The Morgan fingerprint density at radius 2 is 2.00 bits per heavy atom. The summed E-state index contributed by atoms with van der Waals surface area (Å²) >= 11 is 0. The average Bonchev–Trinajstić information content (AvgIpc) is 2.82. The van der Waals surface area contributed by atoms with Gasteiger partial charge in [-0.1, -0.05) is 43.2 Å². The molecule has 0 bridgehead atoms. The zero-order valence-corrected chi connectivity index (χ0v) is 11.1. The van der Waals surface area contributed by atoms with Crippen LogP contribution in [-0.4, -0.2) is 18.0 Å². The molecule has 0 radical (unpaired) electrons. The summed E-state index contributed by atoms with van der Waals surface area (Å²) in [5.74, 6) is 0.602. The molecule has 1 atom stereocenters. The van der Waals surface area contributed by atoms with E-state index in [4.69, 9.17) is 5.73 Å². The molecule has 3 nitrogen and oxygen atoms in total. The molecule has 3 N–H and O–H groups in total. The van der Waals surface area contributed by atoms with E-state index >= 15 is 0 Å². The largest absolute Gasteiger partial charge is 0.370 e. The van der Waals surface area contributed by atoms with Crippen molar-refractivity contribution in [3.8, 4) is 0 Å². The van der Waals surface area contributed by atoms with Gasteiger partial charge in [0.15, 0.2) is 5.96 Å². The molecular formula is C15H23N3. The molecule has 1 fully saturated rings. The predicted octanol–water partition coefficient (Wildman–Crippen LogP) is 2.46. The molecule has 1 aromatic rings. The first kappa shape index (κ1) is 12.9. The van der Waals surface area contributed by atoms with Crippen molar-refractivity contribution in [2.75, 3.05) is 0 Å². The minimum Gasteiger partial charge on any atom is -0.370 e. The lowest BCUT2D eigenvalue weighted by Crippen LogP contribution is -2.40. The van der Waals surface area contributed by atoms with Crippen molar-refractivity contribution in [3.05, 3.63) is 35.9 Å². The maximum absolute atomic E-state index is 5.95. The normalized spacial score (nSPS) is 18.8. The third-order valence-corrected chi connectivity index (χ3v) is 3.43. The van der Waals surface area contributed by atoms with Gasteiger partial charge in [0.1, 0.15) is 0 Å². The van der Waals surface area contributed by atoms with Gasteiger partial charge in [-0.25, -0.2) is 0 Å². The quantitative estimate of drug-likeness (QED) is 0.632. The van der Waals surface area contributed by atoms with E-state index in [1.807, 2.05) is 6.07 Å². The van der Waals surface area contributed by atoms with E-state index < -0.39 is 0 Å². The Kier molecular flexibility index (Phi) is 4.62. The fraction of sp³-hybridized carbons (Fsp3) is 0.533. The molecule has 1 unspecified atom stereocenters. The van der Waals surface area contributed by atoms with E-state index in [1.165, 1.54) is 31.2 Å². The average molecular weight is 245 g/mol. The maximum atomic E-state index is 5.95. The number of benzene rings is 1. The highest BCUT2D eigenvalue weighted by molar-refractivity contribution is 5.78. The lowest BCUT2D eigenvalue weighted by atomic mass is 10.1. The number of nitrogens with one attached hydrogen (secondary N) is 1. The molecule has 0 heterocycles. The molecule has 18 heavy (non-hydrogen) atoms. The lowest BCUT2D eigenvalue weighted by molar-refractivity contribution is 0.639. The molecule has 1 aromatic carbocycles. The number of aliphatic imine (C=N–C) groups is 1. The predicted molar refractivity (Wildman–Crippen MR) is 76.6 cm³/mol. The summed E-state index contributed by atoms with van der Waals surface area (Å²) in [7, 11) is 0. The summed E-state index contributed by atoms with van der Waals surface area (Å²) in [5.41, 5.74) is 7.27. The molecule has 0 saturated heterocycles. The molecule has 1 saturated carbocycles. The van der Waals surface area contributed by atoms with Crippen LogP contribution in [0.1, 0.15) is 38.2 Å². The van der Waals surface area contributed by atoms with E-state index in [2.05, 4.69) is 41.5 Å². The smallest absolute Gasteiger partial charge is 0.189 e. The molecule has 0 spiro atoms. The number of nitrogens with zero attached hydrogens (tertiary/aromatic N) is 1. The third-order valence-electron chi connectivity index (χ3n) is 3.43. The van der Waals surface area contributed by atoms with Crippen molar-refractivity contribution in [1.29, 1.82) is 0 Å². The van der Waals surface area contributed by atoms with Crippen molar-refractivity contribution >= 4 is 5.96 Å².